The lowest BCUT2D eigenvalue weighted by molar-refractivity contribution is -0.133. The SMILES string of the molecule is CCCCN(CC(=O)N1c2ccccc2-n2cccc2C1c1ccc(F)cc1)C(=O)CSc1ccccc1. The molecule has 0 radical (unpaired) electrons. The molecule has 1 aliphatic heterocycles. The van der Waals surface area contributed by atoms with E-state index in [9.17, 15) is 14.0 Å². The lowest BCUT2D eigenvalue weighted by Crippen LogP contribution is -2.47. The Hall–Kier alpha value is -3.84. The molecule has 5 rings (SSSR count). The number of para-hydroxylation sites is 2. The van der Waals surface area contributed by atoms with Gasteiger partial charge in [-0.25, -0.2) is 4.39 Å². The molecule has 1 atom stereocenters. The molecule has 2 amide bonds. The highest BCUT2D eigenvalue weighted by Gasteiger charge is 2.36. The Labute approximate surface area is 226 Å². The van der Waals surface area contributed by atoms with E-state index in [1.165, 1.54) is 23.9 Å². The molecule has 194 valence electrons. The number of halogens is 1. The smallest absolute Gasteiger partial charge is 0.247 e. The summed E-state index contributed by atoms with van der Waals surface area (Å²) < 4.78 is 15.9. The Bertz CT molecular complexity index is 1400. The van der Waals surface area contributed by atoms with E-state index < -0.39 is 6.04 Å². The standard InChI is InChI=1S/C31H30FN3O2S/c1-2-3-19-33(30(37)22-38-25-10-5-4-6-11-25)21-29(36)35-27-13-8-7-12-26(27)34-20-9-14-28(34)31(35)23-15-17-24(32)18-16-23/h4-18,20,31H,2-3,19,21-22H2,1H3. The van der Waals surface area contributed by atoms with Gasteiger partial charge in [-0.2, -0.15) is 0 Å². The third kappa shape index (κ3) is 5.38. The molecule has 5 nitrogen and oxygen atoms in total. The van der Waals surface area contributed by atoms with Crippen LogP contribution in [0.3, 0.4) is 0 Å². The second-order valence-corrected chi connectivity index (χ2v) is 10.3. The van der Waals surface area contributed by atoms with Gasteiger partial charge in [0.25, 0.3) is 0 Å². The molecular formula is C31H30FN3O2S. The van der Waals surface area contributed by atoms with Crippen LogP contribution in [0, 0.1) is 5.82 Å². The van der Waals surface area contributed by atoms with Crippen molar-refractivity contribution in [2.45, 2.75) is 30.7 Å². The minimum absolute atomic E-state index is 0.0269. The summed E-state index contributed by atoms with van der Waals surface area (Å²) in [7, 11) is 0. The van der Waals surface area contributed by atoms with Gasteiger partial charge in [0.2, 0.25) is 11.8 Å². The number of fused-ring (bicyclic) bond motifs is 3. The van der Waals surface area contributed by atoms with Crippen molar-refractivity contribution in [2.75, 3.05) is 23.7 Å². The number of aromatic nitrogens is 1. The van der Waals surface area contributed by atoms with Gasteiger partial charge >= 0.3 is 0 Å². The second-order valence-electron chi connectivity index (χ2n) is 9.28. The Kier molecular flexibility index (Phi) is 7.94. The van der Waals surface area contributed by atoms with Crippen molar-refractivity contribution >= 4 is 29.3 Å². The van der Waals surface area contributed by atoms with Crippen LogP contribution in [-0.2, 0) is 9.59 Å². The van der Waals surface area contributed by atoms with Gasteiger partial charge in [0, 0.05) is 17.6 Å². The number of carbonyl (C=O) groups is 2. The van der Waals surface area contributed by atoms with Gasteiger partial charge in [0.05, 0.1) is 22.8 Å². The summed E-state index contributed by atoms with van der Waals surface area (Å²) in [5, 5.41) is 0. The fourth-order valence-electron chi connectivity index (χ4n) is 4.86. The predicted octanol–water partition coefficient (Wildman–Crippen LogP) is 6.47. The summed E-state index contributed by atoms with van der Waals surface area (Å²) in [6.45, 7) is 2.56. The van der Waals surface area contributed by atoms with Crippen LogP contribution in [0.25, 0.3) is 5.69 Å². The van der Waals surface area contributed by atoms with Crippen molar-refractivity contribution in [3.8, 4) is 5.69 Å². The molecule has 38 heavy (non-hydrogen) atoms. The average Bonchev–Trinajstić information content (AvgIpc) is 3.44. The summed E-state index contributed by atoms with van der Waals surface area (Å²) in [5.41, 5.74) is 3.37. The molecule has 0 saturated carbocycles. The minimum Gasteiger partial charge on any atom is -0.333 e. The van der Waals surface area contributed by atoms with Crippen molar-refractivity contribution < 1.29 is 14.0 Å². The summed E-state index contributed by atoms with van der Waals surface area (Å²) >= 11 is 1.48. The number of hydrogen-bond donors (Lipinski definition) is 0. The van der Waals surface area contributed by atoms with Crippen molar-refractivity contribution in [3.05, 3.63) is 114 Å². The van der Waals surface area contributed by atoms with E-state index in [0.29, 0.717) is 6.54 Å². The molecule has 0 aliphatic carbocycles. The number of unbranched alkanes of at least 4 members (excludes halogenated alkanes) is 1. The molecule has 1 aromatic heterocycles. The molecule has 0 bridgehead atoms. The van der Waals surface area contributed by atoms with E-state index in [4.69, 9.17) is 0 Å². The van der Waals surface area contributed by atoms with Crippen LogP contribution in [0.2, 0.25) is 0 Å². The first kappa shape index (κ1) is 25.8. The third-order valence-electron chi connectivity index (χ3n) is 6.74. The van der Waals surface area contributed by atoms with Gasteiger partial charge < -0.3 is 9.47 Å². The first-order chi connectivity index (χ1) is 18.6. The minimum atomic E-state index is -0.449. The van der Waals surface area contributed by atoms with Crippen molar-refractivity contribution in [1.29, 1.82) is 0 Å². The highest BCUT2D eigenvalue weighted by Crippen LogP contribution is 2.42. The molecular weight excluding hydrogens is 497 g/mol. The van der Waals surface area contributed by atoms with E-state index in [2.05, 4.69) is 11.5 Å². The number of amides is 2. The number of nitrogens with zero attached hydrogens (tertiary/aromatic N) is 3. The summed E-state index contributed by atoms with van der Waals surface area (Å²) in [6.07, 6.45) is 3.71. The highest BCUT2D eigenvalue weighted by molar-refractivity contribution is 8.00. The Morgan fingerprint density at radius 3 is 2.34 bits per heavy atom. The highest BCUT2D eigenvalue weighted by atomic mass is 32.2. The molecule has 3 aromatic carbocycles. The quantitative estimate of drug-likeness (QED) is 0.234. The Balaban J connectivity index is 1.46. The number of benzene rings is 3. The number of anilines is 1. The number of rotatable bonds is 9. The first-order valence-electron chi connectivity index (χ1n) is 12.9. The molecule has 1 aliphatic rings. The van der Waals surface area contributed by atoms with E-state index >= 15 is 0 Å². The van der Waals surface area contributed by atoms with Crippen molar-refractivity contribution in [1.82, 2.24) is 9.47 Å². The molecule has 0 saturated heterocycles. The number of thioether (sulfide) groups is 1. The number of hydrogen-bond acceptors (Lipinski definition) is 3. The molecule has 7 heteroatoms. The average molecular weight is 528 g/mol. The molecule has 1 unspecified atom stereocenters. The molecule has 2 heterocycles. The van der Waals surface area contributed by atoms with Gasteiger partial charge in [-0.15, -0.1) is 11.8 Å². The molecule has 4 aromatic rings. The van der Waals surface area contributed by atoms with Crippen LogP contribution < -0.4 is 4.90 Å². The normalized spacial score (nSPS) is 14.1. The molecule has 0 N–H and O–H groups in total. The second kappa shape index (κ2) is 11.7. The maximum Gasteiger partial charge on any atom is 0.247 e. The molecule has 0 spiro atoms. The third-order valence-corrected chi connectivity index (χ3v) is 7.74. The van der Waals surface area contributed by atoms with Crippen molar-refractivity contribution in [2.24, 2.45) is 0 Å². The summed E-state index contributed by atoms with van der Waals surface area (Å²) in [4.78, 5) is 31.9. The van der Waals surface area contributed by atoms with Gasteiger partial charge in [-0.05, 0) is 60.5 Å². The van der Waals surface area contributed by atoms with E-state index in [-0.39, 0.29) is 29.9 Å². The van der Waals surface area contributed by atoms with E-state index in [1.807, 2.05) is 72.9 Å². The van der Waals surface area contributed by atoms with Crippen LogP contribution in [0.15, 0.2) is 102 Å². The van der Waals surface area contributed by atoms with Crippen LogP contribution >= 0.6 is 11.8 Å². The summed E-state index contributed by atoms with van der Waals surface area (Å²) in [5.74, 6) is -0.298. The van der Waals surface area contributed by atoms with Crippen molar-refractivity contribution in [3.63, 3.8) is 0 Å². The maximum atomic E-state index is 14.1. The van der Waals surface area contributed by atoms with Gasteiger partial charge in [0.15, 0.2) is 0 Å². The zero-order valence-corrected chi connectivity index (χ0v) is 22.1. The Morgan fingerprint density at radius 1 is 0.895 bits per heavy atom. The monoisotopic (exact) mass is 527 g/mol. The molecule has 0 fully saturated rings. The van der Waals surface area contributed by atoms with E-state index in [0.717, 1.165) is 40.4 Å². The summed E-state index contributed by atoms with van der Waals surface area (Å²) in [6, 6.07) is 27.3. The van der Waals surface area contributed by atoms with E-state index in [1.54, 1.807) is 21.9 Å². The maximum absolute atomic E-state index is 14.1. The first-order valence-corrected chi connectivity index (χ1v) is 13.8. The lowest BCUT2D eigenvalue weighted by Gasteiger charge is -2.39. The largest absolute Gasteiger partial charge is 0.333 e. The number of carbonyl (C=O) groups excluding carboxylic acids is 2. The van der Waals surface area contributed by atoms with Crippen LogP contribution in [-0.4, -0.2) is 40.1 Å². The van der Waals surface area contributed by atoms with Crippen LogP contribution in [0.5, 0.6) is 0 Å². The zero-order valence-electron chi connectivity index (χ0n) is 21.3. The zero-order chi connectivity index (χ0) is 26.5. The Morgan fingerprint density at radius 2 is 1.61 bits per heavy atom. The predicted molar refractivity (Wildman–Crippen MR) is 150 cm³/mol. The van der Waals surface area contributed by atoms with Gasteiger partial charge in [-0.1, -0.05) is 55.8 Å². The van der Waals surface area contributed by atoms with Gasteiger partial charge in [-0.3, -0.25) is 14.5 Å². The fraction of sp³-hybridized carbons (Fsp3) is 0.226. The van der Waals surface area contributed by atoms with Gasteiger partial charge in [0.1, 0.15) is 18.4 Å². The van der Waals surface area contributed by atoms with Crippen LogP contribution in [0.1, 0.15) is 37.1 Å². The van der Waals surface area contributed by atoms with Crippen LogP contribution in [0.4, 0.5) is 10.1 Å². The topological polar surface area (TPSA) is 45.6 Å². The fourth-order valence-corrected chi connectivity index (χ4v) is 5.68. The lowest BCUT2D eigenvalue weighted by atomic mass is 9.97.